The van der Waals surface area contributed by atoms with Gasteiger partial charge >= 0.3 is 0 Å². The molecule has 0 aromatic carbocycles. The van der Waals surface area contributed by atoms with Gasteiger partial charge in [0, 0.05) is 51.0 Å². The smallest absolute Gasteiger partial charge is 0.226 e. The van der Waals surface area contributed by atoms with Crippen LogP contribution in [0.1, 0.15) is 57.8 Å². The summed E-state index contributed by atoms with van der Waals surface area (Å²) in [7, 11) is 0. The molecular weight excluding hydrogens is 366 g/mol. The van der Waals surface area contributed by atoms with Crippen molar-refractivity contribution in [2.45, 2.75) is 57.8 Å². The van der Waals surface area contributed by atoms with Crippen molar-refractivity contribution in [2.24, 2.45) is 35.5 Å². The fourth-order valence-electron chi connectivity index (χ4n) is 6.70. The van der Waals surface area contributed by atoms with E-state index in [2.05, 4.69) is 5.32 Å². The Labute approximate surface area is 173 Å². The molecule has 5 rings (SSSR count). The molecule has 6 nitrogen and oxygen atoms in total. The molecule has 1 aliphatic heterocycles. The molecule has 3 amide bonds. The molecule has 0 spiro atoms. The molecule has 6 heteroatoms. The monoisotopic (exact) mass is 401 g/mol. The van der Waals surface area contributed by atoms with Crippen LogP contribution in [0.5, 0.6) is 0 Å². The van der Waals surface area contributed by atoms with Gasteiger partial charge in [0.2, 0.25) is 17.7 Å². The van der Waals surface area contributed by atoms with Crippen LogP contribution in [0, 0.1) is 35.5 Å². The second kappa shape index (κ2) is 7.92. The predicted molar refractivity (Wildman–Crippen MR) is 109 cm³/mol. The molecule has 160 valence electrons. The van der Waals surface area contributed by atoms with Crippen molar-refractivity contribution in [2.75, 3.05) is 32.7 Å². The first-order valence-electron chi connectivity index (χ1n) is 12.0. The summed E-state index contributed by atoms with van der Waals surface area (Å²) in [6.45, 7) is 3.04. The molecule has 4 saturated carbocycles. The molecule has 5 aliphatic rings. The Balaban J connectivity index is 1.00. The van der Waals surface area contributed by atoms with Gasteiger partial charge in [0.25, 0.3) is 0 Å². The fourth-order valence-corrected chi connectivity index (χ4v) is 6.70. The van der Waals surface area contributed by atoms with Crippen LogP contribution < -0.4 is 5.32 Å². The fraction of sp³-hybridized carbons (Fsp3) is 0.870. The lowest BCUT2D eigenvalue weighted by Gasteiger charge is -2.35. The Kier molecular flexibility index (Phi) is 5.29. The Morgan fingerprint density at radius 1 is 0.690 bits per heavy atom. The van der Waals surface area contributed by atoms with Crippen LogP contribution in [0.15, 0.2) is 0 Å². The summed E-state index contributed by atoms with van der Waals surface area (Å²) in [6.07, 6.45) is 10.3. The molecule has 2 unspecified atom stereocenters. The molecule has 5 fully saturated rings. The normalized spacial score (nSPS) is 37.9. The van der Waals surface area contributed by atoms with Gasteiger partial charge in [-0.25, -0.2) is 0 Å². The molecular formula is C23H35N3O3. The zero-order chi connectivity index (χ0) is 20.0. The van der Waals surface area contributed by atoms with Crippen molar-refractivity contribution in [1.29, 1.82) is 0 Å². The van der Waals surface area contributed by atoms with Crippen molar-refractivity contribution >= 4 is 17.7 Å². The van der Waals surface area contributed by atoms with Crippen LogP contribution in [-0.2, 0) is 14.4 Å². The minimum absolute atomic E-state index is 0.103. The summed E-state index contributed by atoms with van der Waals surface area (Å²) in [5, 5.41) is 3.00. The first kappa shape index (κ1) is 19.4. The molecule has 1 heterocycles. The van der Waals surface area contributed by atoms with Crippen LogP contribution in [0.2, 0.25) is 0 Å². The average Bonchev–Trinajstić information content (AvgIpc) is 3.65. The molecule has 0 aromatic heterocycles. The van der Waals surface area contributed by atoms with Gasteiger partial charge in [0.05, 0.1) is 0 Å². The lowest BCUT2D eigenvalue weighted by atomic mass is 10.0. The van der Waals surface area contributed by atoms with Crippen molar-refractivity contribution < 1.29 is 14.4 Å². The van der Waals surface area contributed by atoms with Gasteiger partial charge in [0.15, 0.2) is 0 Å². The summed E-state index contributed by atoms with van der Waals surface area (Å²) in [5.41, 5.74) is 0. The highest BCUT2D eigenvalue weighted by atomic mass is 16.2. The van der Waals surface area contributed by atoms with Gasteiger partial charge in [-0.05, 0) is 49.4 Å². The third-order valence-corrected chi connectivity index (χ3v) is 8.48. The Morgan fingerprint density at radius 2 is 1.17 bits per heavy atom. The van der Waals surface area contributed by atoms with Crippen molar-refractivity contribution in [3.05, 3.63) is 0 Å². The number of fused-ring (bicyclic) bond motifs is 2. The number of carbonyl (C=O) groups excluding carboxylic acids is 3. The van der Waals surface area contributed by atoms with Gasteiger partial charge in [0.1, 0.15) is 0 Å². The van der Waals surface area contributed by atoms with Gasteiger partial charge in [-0.15, -0.1) is 0 Å². The van der Waals surface area contributed by atoms with E-state index in [4.69, 9.17) is 0 Å². The maximum absolute atomic E-state index is 12.8. The Morgan fingerprint density at radius 3 is 1.72 bits per heavy atom. The molecule has 0 aromatic rings. The summed E-state index contributed by atoms with van der Waals surface area (Å²) in [4.78, 5) is 41.5. The van der Waals surface area contributed by atoms with E-state index in [1.165, 1.54) is 51.4 Å². The van der Waals surface area contributed by atoms with Gasteiger partial charge < -0.3 is 15.1 Å². The number of hydrogen-bond acceptors (Lipinski definition) is 3. The van der Waals surface area contributed by atoms with E-state index < -0.39 is 0 Å². The number of hydrogen-bond donors (Lipinski definition) is 1. The summed E-state index contributed by atoms with van der Waals surface area (Å²) in [6, 6.07) is 0. The number of nitrogens with zero attached hydrogens (tertiary/aromatic N) is 2. The Hall–Kier alpha value is -1.59. The average molecular weight is 402 g/mol. The molecule has 0 radical (unpaired) electrons. The first-order valence-corrected chi connectivity index (χ1v) is 12.0. The van der Waals surface area contributed by atoms with E-state index in [1.807, 2.05) is 9.80 Å². The number of amides is 3. The summed E-state index contributed by atoms with van der Waals surface area (Å²) < 4.78 is 0. The van der Waals surface area contributed by atoms with Gasteiger partial charge in [-0.1, -0.05) is 25.7 Å². The standard InChI is InChI=1S/C23H35N3O3/c27-19(9-10-24-22(28)20-15-5-1-2-6-16(15)20)25-11-13-26(14-12-25)23(29)21-17-7-3-4-8-18(17)21/h15-18,20-21H,1-14H2,(H,24,28)/t15-,16+,17-,18+,20?,21?. The number of nitrogens with one attached hydrogen (secondary N) is 1. The summed E-state index contributed by atoms with van der Waals surface area (Å²) in [5.74, 6) is 3.62. The van der Waals surface area contributed by atoms with Crippen LogP contribution in [-0.4, -0.2) is 60.2 Å². The zero-order valence-corrected chi connectivity index (χ0v) is 17.5. The SMILES string of the molecule is O=C(NCCC(=O)N1CCN(C(=O)C2[C@H]3CCCC[C@@H]23)CC1)C1[C@H]2CCCC[C@@H]12. The van der Waals surface area contributed by atoms with E-state index in [-0.39, 0.29) is 23.7 Å². The lowest BCUT2D eigenvalue weighted by molar-refractivity contribution is -0.140. The van der Waals surface area contributed by atoms with Crippen molar-refractivity contribution in [3.8, 4) is 0 Å². The van der Waals surface area contributed by atoms with Gasteiger partial charge in [-0.2, -0.15) is 0 Å². The Bertz CT molecular complexity index is 648. The maximum atomic E-state index is 12.8. The molecule has 1 N–H and O–H groups in total. The lowest BCUT2D eigenvalue weighted by Crippen LogP contribution is -2.51. The number of rotatable bonds is 5. The van der Waals surface area contributed by atoms with Crippen LogP contribution in [0.4, 0.5) is 0 Å². The number of piperazine rings is 1. The quantitative estimate of drug-likeness (QED) is 0.766. The minimum atomic E-state index is 0.103. The van der Waals surface area contributed by atoms with Crippen molar-refractivity contribution in [1.82, 2.24) is 15.1 Å². The zero-order valence-electron chi connectivity index (χ0n) is 17.5. The van der Waals surface area contributed by atoms with Crippen LogP contribution in [0.3, 0.4) is 0 Å². The molecule has 6 atom stereocenters. The van der Waals surface area contributed by atoms with E-state index >= 15 is 0 Å². The van der Waals surface area contributed by atoms with Crippen LogP contribution >= 0.6 is 0 Å². The van der Waals surface area contributed by atoms with Crippen molar-refractivity contribution in [3.63, 3.8) is 0 Å². The highest BCUT2D eigenvalue weighted by Crippen LogP contribution is 2.56. The first-order chi connectivity index (χ1) is 14.1. The van der Waals surface area contributed by atoms with Gasteiger partial charge in [-0.3, -0.25) is 14.4 Å². The van der Waals surface area contributed by atoms with E-state index in [9.17, 15) is 14.4 Å². The second-order valence-electron chi connectivity index (χ2n) is 10.0. The predicted octanol–water partition coefficient (Wildman–Crippen LogP) is 2.04. The molecule has 1 saturated heterocycles. The third kappa shape index (κ3) is 3.79. The molecule has 29 heavy (non-hydrogen) atoms. The number of carbonyl (C=O) groups is 3. The second-order valence-corrected chi connectivity index (χ2v) is 10.0. The van der Waals surface area contributed by atoms with E-state index in [1.54, 1.807) is 0 Å². The van der Waals surface area contributed by atoms with Crippen LogP contribution in [0.25, 0.3) is 0 Å². The highest BCUT2D eigenvalue weighted by Gasteiger charge is 2.56. The minimum Gasteiger partial charge on any atom is -0.355 e. The molecule has 4 aliphatic carbocycles. The van der Waals surface area contributed by atoms with E-state index in [0.29, 0.717) is 68.7 Å². The maximum Gasteiger partial charge on any atom is 0.226 e. The molecule has 0 bridgehead atoms. The topological polar surface area (TPSA) is 69.7 Å². The largest absolute Gasteiger partial charge is 0.355 e. The third-order valence-electron chi connectivity index (χ3n) is 8.48. The van der Waals surface area contributed by atoms with E-state index in [0.717, 1.165) is 0 Å². The highest BCUT2D eigenvalue weighted by molar-refractivity contribution is 5.84. The summed E-state index contributed by atoms with van der Waals surface area (Å²) >= 11 is 0.